The van der Waals surface area contributed by atoms with Crippen molar-refractivity contribution in [2.75, 3.05) is 20.1 Å². The Morgan fingerprint density at radius 2 is 2.00 bits per heavy atom. The van der Waals surface area contributed by atoms with Crippen LogP contribution in [0.5, 0.6) is 0 Å². The van der Waals surface area contributed by atoms with Crippen molar-refractivity contribution >= 4 is 11.8 Å². The molecule has 0 aromatic carbocycles. The van der Waals surface area contributed by atoms with E-state index in [1.165, 1.54) is 0 Å². The largest absolute Gasteiger partial charge is 0.358 e. The van der Waals surface area contributed by atoms with E-state index in [1.54, 1.807) is 14.0 Å². The molecule has 0 aromatic rings. The third-order valence-electron chi connectivity index (χ3n) is 2.46. The van der Waals surface area contributed by atoms with E-state index in [9.17, 15) is 9.59 Å². The van der Waals surface area contributed by atoms with Gasteiger partial charge in [-0.25, -0.2) is 0 Å². The van der Waals surface area contributed by atoms with Crippen molar-refractivity contribution in [2.45, 2.75) is 25.8 Å². The van der Waals surface area contributed by atoms with Crippen molar-refractivity contribution in [1.29, 1.82) is 0 Å². The van der Waals surface area contributed by atoms with Crippen molar-refractivity contribution in [3.05, 3.63) is 0 Å². The lowest BCUT2D eigenvalue weighted by Crippen LogP contribution is -2.43. The van der Waals surface area contributed by atoms with Gasteiger partial charge >= 0.3 is 0 Å². The van der Waals surface area contributed by atoms with Gasteiger partial charge in [0.1, 0.15) is 0 Å². The fourth-order valence-corrected chi connectivity index (χ4v) is 1.27. The summed E-state index contributed by atoms with van der Waals surface area (Å²) >= 11 is 0. The first kappa shape index (κ1) is 12.0. The van der Waals surface area contributed by atoms with Gasteiger partial charge < -0.3 is 16.0 Å². The van der Waals surface area contributed by atoms with Gasteiger partial charge in [0.25, 0.3) is 0 Å². The summed E-state index contributed by atoms with van der Waals surface area (Å²) in [7, 11) is 1.61. The minimum absolute atomic E-state index is 0.0384. The highest BCUT2D eigenvalue weighted by atomic mass is 16.2. The van der Waals surface area contributed by atoms with Crippen LogP contribution in [0.25, 0.3) is 0 Å². The molecule has 5 nitrogen and oxygen atoms in total. The van der Waals surface area contributed by atoms with Crippen molar-refractivity contribution in [2.24, 2.45) is 5.92 Å². The molecular weight excluding hydrogens is 194 g/mol. The molecule has 0 aliphatic heterocycles. The van der Waals surface area contributed by atoms with Gasteiger partial charge in [0.2, 0.25) is 11.8 Å². The zero-order valence-electron chi connectivity index (χ0n) is 9.30. The summed E-state index contributed by atoms with van der Waals surface area (Å²) in [6, 6.07) is -0.215. The Labute approximate surface area is 90.0 Å². The normalized spacial score (nSPS) is 16.9. The molecule has 1 aliphatic carbocycles. The quantitative estimate of drug-likeness (QED) is 0.508. The maximum atomic E-state index is 11.2. The molecule has 2 amide bonds. The highest BCUT2D eigenvalue weighted by Crippen LogP contribution is 2.28. The second-order valence-electron chi connectivity index (χ2n) is 3.86. The molecule has 1 saturated carbocycles. The average Bonchev–Trinajstić information content (AvgIpc) is 3.06. The minimum Gasteiger partial charge on any atom is -0.358 e. The summed E-state index contributed by atoms with van der Waals surface area (Å²) in [5.74, 6) is 0.356. The molecule has 0 bridgehead atoms. The topological polar surface area (TPSA) is 70.2 Å². The maximum Gasteiger partial charge on any atom is 0.236 e. The maximum absolute atomic E-state index is 11.2. The van der Waals surface area contributed by atoms with Crippen molar-refractivity contribution < 1.29 is 9.59 Å². The Balaban J connectivity index is 2.00. The predicted octanol–water partition coefficient (Wildman–Crippen LogP) is -0.763. The number of hydrogen-bond donors (Lipinski definition) is 3. The van der Waals surface area contributed by atoms with Gasteiger partial charge in [0, 0.05) is 26.1 Å². The highest BCUT2D eigenvalue weighted by molar-refractivity contribution is 5.81. The average molecular weight is 213 g/mol. The van der Waals surface area contributed by atoms with Crippen LogP contribution in [0.3, 0.4) is 0 Å². The van der Waals surface area contributed by atoms with E-state index in [1.807, 2.05) is 0 Å². The van der Waals surface area contributed by atoms with E-state index in [2.05, 4.69) is 16.0 Å². The molecule has 0 saturated heterocycles. The molecular formula is C10H19N3O2. The molecule has 1 aliphatic rings. The molecule has 1 fully saturated rings. The summed E-state index contributed by atoms with van der Waals surface area (Å²) in [4.78, 5) is 22.3. The summed E-state index contributed by atoms with van der Waals surface area (Å²) in [6.07, 6.45) is 2.04. The molecule has 3 N–H and O–H groups in total. The van der Waals surface area contributed by atoms with E-state index in [0.29, 0.717) is 13.1 Å². The second kappa shape index (κ2) is 5.70. The number of carbonyl (C=O) groups excluding carboxylic acids is 2. The first-order valence-corrected chi connectivity index (χ1v) is 5.38. The summed E-state index contributed by atoms with van der Waals surface area (Å²) in [6.45, 7) is 2.99. The number of carbonyl (C=O) groups is 2. The van der Waals surface area contributed by atoms with Crippen molar-refractivity contribution in [3.8, 4) is 0 Å². The van der Waals surface area contributed by atoms with Crippen molar-refractivity contribution in [3.63, 3.8) is 0 Å². The Bertz CT molecular complexity index is 239. The number of amides is 2. The Morgan fingerprint density at radius 3 is 2.53 bits per heavy atom. The highest BCUT2D eigenvalue weighted by Gasteiger charge is 2.28. The Hall–Kier alpha value is -1.10. The predicted molar refractivity (Wildman–Crippen MR) is 57.3 cm³/mol. The van der Waals surface area contributed by atoms with E-state index in [4.69, 9.17) is 0 Å². The molecule has 15 heavy (non-hydrogen) atoms. The molecule has 1 unspecified atom stereocenters. The number of hydrogen-bond acceptors (Lipinski definition) is 3. The fraction of sp³-hybridized carbons (Fsp3) is 0.800. The Morgan fingerprint density at radius 1 is 1.33 bits per heavy atom. The van der Waals surface area contributed by atoms with Gasteiger partial charge in [-0.05, 0) is 19.8 Å². The van der Waals surface area contributed by atoms with E-state index in [-0.39, 0.29) is 23.8 Å². The number of likely N-dealkylation sites (N-methyl/N-ethyl adjacent to an activating group) is 1. The zero-order valence-corrected chi connectivity index (χ0v) is 9.30. The van der Waals surface area contributed by atoms with Crippen LogP contribution in [0.1, 0.15) is 19.8 Å². The summed E-state index contributed by atoms with van der Waals surface area (Å²) in [5.41, 5.74) is 0. The number of rotatable bonds is 6. The van der Waals surface area contributed by atoms with Gasteiger partial charge in [0.05, 0.1) is 6.04 Å². The van der Waals surface area contributed by atoms with E-state index in [0.717, 1.165) is 12.8 Å². The van der Waals surface area contributed by atoms with Crippen LogP contribution in [0, 0.1) is 5.92 Å². The molecule has 5 heteroatoms. The van der Waals surface area contributed by atoms with Crippen LogP contribution in [-0.4, -0.2) is 38.0 Å². The lowest BCUT2D eigenvalue weighted by Gasteiger charge is -2.12. The molecule has 0 aromatic heterocycles. The van der Waals surface area contributed by atoms with Gasteiger partial charge in [-0.1, -0.05) is 0 Å². The smallest absolute Gasteiger partial charge is 0.236 e. The third kappa shape index (κ3) is 4.29. The molecule has 0 spiro atoms. The van der Waals surface area contributed by atoms with Gasteiger partial charge in [0.15, 0.2) is 0 Å². The molecule has 86 valence electrons. The first-order chi connectivity index (χ1) is 7.15. The van der Waals surface area contributed by atoms with Crippen molar-refractivity contribution in [1.82, 2.24) is 16.0 Å². The SMILES string of the molecule is CNC(=O)C(C)NCCNC(=O)C1CC1. The molecule has 0 heterocycles. The van der Waals surface area contributed by atoms with Crippen LogP contribution in [0.4, 0.5) is 0 Å². The Kier molecular flexibility index (Phi) is 4.55. The van der Waals surface area contributed by atoms with Gasteiger partial charge in [-0.3, -0.25) is 9.59 Å². The summed E-state index contributed by atoms with van der Waals surface area (Å²) in [5, 5.41) is 8.40. The van der Waals surface area contributed by atoms with Crippen LogP contribution in [0.15, 0.2) is 0 Å². The monoisotopic (exact) mass is 213 g/mol. The van der Waals surface area contributed by atoms with E-state index < -0.39 is 0 Å². The van der Waals surface area contributed by atoms with Crippen LogP contribution in [-0.2, 0) is 9.59 Å². The molecule has 1 atom stereocenters. The van der Waals surface area contributed by atoms with E-state index >= 15 is 0 Å². The molecule has 0 radical (unpaired) electrons. The van der Waals surface area contributed by atoms with Gasteiger partial charge in [-0.15, -0.1) is 0 Å². The van der Waals surface area contributed by atoms with Gasteiger partial charge in [-0.2, -0.15) is 0 Å². The first-order valence-electron chi connectivity index (χ1n) is 5.38. The second-order valence-corrected chi connectivity index (χ2v) is 3.86. The third-order valence-corrected chi connectivity index (χ3v) is 2.46. The lowest BCUT2D eigenvalue weighted by molar-refractivity contribution is -0.122. The van der Waals surface area contributed by atoms with Crippen LogP contribution in [0.2, 0.25) is 0 Å². The standard InChI is InChI=1S/C10H19N3O2/c1-7(9(14)11-2)12-5-6-13-10(15)8-3-4-8/h7-8,12H,3-6H2,1-2H3,(H,11,14)(H,13,15). The summed E-state index contributed by atoms with van der Waals surface area (Å²) < 4.78 is 0. The molecule has 1 rings (SSSR count). The van der Waals surface area contributed by atoms with Crippen LogP contribution < -0.4 is 16.0 Å². The van der Waals surface area contributed by atoms with Crippen LogP contribution >= 0.6 is 0 Å². The minimum atomic E-state index is -0.215. The lowest BCUT2D eigenvalue weighted by atomic mass is 10.3. The number of nitrogens with one attached hydrogen (secondary N) is 3. The zero-order chi connectivity index (χ0) is 11.3. The fourth-order valence-electron chi connectivity index (χ4n) is 1.27.